The number of benzene rings is 1. The van der Waals surface area contributed by atoms with Crippen LogP contribution in [0.3, 0.4) is 0 Å². The lowest BCUT2D eigenvalue weighted by Gasteiger charge is -2.22. The predicted octanol–water partition coefficient (Wildman–Crippen LogP) is 3.96. The Balaban J connectivity index is 2.02. The lowest BCUT2D eigenvalue weighted by Crippen LogP contribution is -2.23. The molecule has 0 bridgehead atoms. The third-order valence-electron chi connectivity index (χ3n) is 3.57. The Bertz CT molecular complexity index is 554. The molecule has 1 aromatic carbocycles. The highest BCUT2D eigenvalue weighted by atomic mass is 15.2. The lowest BCUT2D eigenvalue weighted by molar-refractivity contribution is 0.606. The van der Waals surface area contributed by atoms with Gasteiger partial charge < -0.3 is 10.2 Å². The van der Waals surface area contributed by atoms with Gasteiger partial charge >= 0.3 is 0 Å². The third kappa shape index (κ3) is 5.02. The van der Waals surface area contributed by atoms with Gasteiger partial charge in [-0.25, -0.2) is 4.98 Å². The zero-order valence-corrected chi connectivity index (χ0v) is 13.8. The summed E-state index contributed by atoms with van der Waals surface area (Å²) >= 11 is 0. The van der Waals surface area contributed by atoms with E-state index in [0.29, 0.717) is 11.9 Å². The van der Waals surface area contributed by atoms with Crippen molar-refractivity contribution in [1.82, 2.24) is 9.97 Å². The lowest BCUT2D eigenvalue weighted by atomic mass is 10.1. The molecule has 4 heteroatoms. The fraction of sp³-hybridized carbons (Fsp3) is 0.444. The van der Waals surface area contributed by atoms with Gasteiger partial charge in [-0.1, -0.05) is 44.2 Å². The van der Waals surface area contributed by atoms with E-state index in [9.17, 15) is 0 Å². The molecule has 118 valence electrons. The number of nitrogens with zero attached hydrogens (tertiary/aromatic N) is 3. The van der Waals surface area contributed by atoms with Gasteiger partial charge in [0.1, 0.15) is 5.82 Å². The quantitative estimate of drug-likeness (QED) is 0.801. The highest BCUT2D eigenvalue weighted by Crippen LogP contribution is 2.15. The van der Waals surface area contributed by atoms with Gasteiger partial charge in [-0.3, -0.25) is 0 Å². The number of aromatic nitrogens is 2. The Morgan fingerprint density at radius 1 is 1.14 bits per heavy atom. The first kappa shape index (κ1) is 16.3. The van der Waals surface area contributed by atoms with Gasteiger partial charge in [0.15, 0.2) is 0 Å². The van der Waals surface area contributed by atoms with Crippen molar-refractivity contribution in [3.63, 3.8) is 0 Å². The predicted molar refractivity (Wildman–Crippen MR) is 93.1 cm³/mol. The Kier molecular flexibility index (Phi) is 6.19. The maximum Gasteiger partial charge on any atom is 0.224 e. The summed E-state index contributed by atoms with van der Waals surface area (Å²) in [5, 5.41) is 3.31. The van der Waals surface area contributed by atoms with Crippen molar-refractivity contribution >= 4 is 11.8 Å². The molecule has 0 spiro atoms. The van der Waals surface area contributed by atoms with Crippen LogP contribution in [0.1, 0.15) is 32.8 Å². The molecule has 2 rings (SSSR count). The third-order valence-corrected chi connectivity index (χ3v) is 3.57. The summed E-state index contributed by atoms with van der Waals surface area (Å²) in [5.74, 6) is 2.36. The molecule has 1 aromatic heterocycles. The van der Waals surface area contributed by atoms with Crippen molar-refractivity contribution < 1.29 is 0 Å². The van der Waals surface area contributed by atoms with Gasteiger partial charge in [0.2, 0.25) is 5.95 Å². The second-order valence-electron chi connectivity index (χ2n) is 5.85. The summed E-state index contributed by atoms with van der Waals surface area (Å²) in [6.45, 7) is 9.27. The molecule has 22 heavy (non-hydrogen) atoms. The molecule has 0 aliphatic heterocycles. The van der Waals surface area contributed by atoms with Crippen molar-refractivity contribution in [2.75, 3.05) is 23.3 Å². The van der Waals surface area contributed by atoms with Crippen molar-refractivity contribution in [1.29, 1.82) is 0 Å². The van der Waals surface area contributed by atoms with E-state index in [1.165, 1.54) is 5.56 Å². The van der Waals surface area contributed by atoms with E-state index < -0.39 is 0 Å². The van der Waals surface area contributed by atoms with Crippen LogP contribution in [-0.2, 0) is 6.54 Å². The molecule has 4 nitrogen and oxygen atoms in total. The average molecular weight is 298 g/mol. The largest absolute Gasteiger partial charge is 0.354 e. The maximum atomic E-state index is 4.64. The summed E-state index contributed by atoms with van der Waals surface area (Å²) in [4.78, 5) is 11.2. The van der Waals surface area contributed by atoms with Crippen molar-refractivity contribution in [3.8, 4) is 0 Å². The fourth-order valence-corrected chi connectivity index (χ4v) is 2.24. The van der Waals surface area contributed by atoms with Crippen LogP contribution in [0.15, 0.2) is 42.6 Å². The first-order valence-electron chi connectivity index (χ1n) is 8.04. The van der Waals surface area contributed by atoms with E-state index in [1.807, 2.05) is 18.3 Å². The SMILES string of the molecule is CCN(Cc1ccccc1)c1ccnc(NCCC(C)C)n1. The van der Waals surface area contributed by atoms with Gasteiger partial charge in [-0.15, -0.1) is 0 Å². The molecule has 0 radical (unpaired) electrons. The molecule has 0 aliphatic carbocycles. The molecule has 0 amide bonds. The minimum Gasteiger partial charge on any atom is -0.354 e. The monoisotopic (exact) mass is 298 g/mol. The minimum atomic E-state index is 0.681. The molecule has 0 saturated heterocycles. The zero-order chi connectivity index (χ0) is 15.8. The Morgan fingerprint density at radius 3 is 2.59 bits per heavy atom. The molecule has 1 heterocycles. The Morgan fingerprint density at radius 2 is 1.91 bits per heavy atom. The van der Waals surface area contributed by atoms with Crippen molar-refractivity contribution in [2.24, 2.45) is 5.92 Å². The average Bonchev–Trinajstić information content (AvgIpc) is 2.53. The Hall–Kier alpha value is -2.10. The normalized spacial score (nSPS) is 10.7. The molecule has 2 aromatic rings. The summed E-state index contributed by atoms with van der Waals surface area (Å²) in [7, 11) is 0. The summed E-state index contributed by atoms with van der Waals surface area (Å²) in [5.41, 5.74) is 1.29. The minimum absolute atomic E-state index is 0.681. The summed E-state index contributed by atoms with van der Waals surface area (Å²) < 4.78 is 0. The first-order chi connectivity index (χ1) is 10.7. The molecule has 0 aliphatic rings. The van der Waals surface area contributed by atoms with E-state index in [2.05, 4.69) is 65.2 Å². The number of hydrogen-bond donors (Lipinski definition) is 1. The van der Waals surface area contributed by atoms with E-state index >= 15 is 0 Å². The topological polar surface area (TPSA) is 41.1 Å². The van der Waals surface area contributed by atoms with Gasteiger partial charge in [0.25, 0.3) is 0 Å². The smallest absolute Gasteiger partial charge is 0.224 e. The van der Waals surface area contributed by atoms with Crippen LogP contribution in [0.4, 0.5) is 11.8 Å². The fourth-order valence-electron chi connectivity index (χ4n) is 2.24. The Labute approximate surface area is 133 Å². The van der Waals surface area contributed by atoms with Crippen molar-refractivity contribution in [3.05, 3.63) is 48.2 Å². The van der Waals surface area contributed by atoms with Gasteiger partial charge in [-0.05, 0) is 30.9 Å². The van der Waals surface area contributed by atoms with Crippen LogP contribution in [0.25, 0.3) is 0 Å². The van der Waals surface area contributed by atoms with Crippen LogP contribution < -0.4 is 10.2 Å². The molecule has 0 saturated carbocycles. The molecule has 0 atom stereocenters. The van der Waals surface area contributed by atoms with E-state index in [-0.39, 0.29) is 0 Å². The highest BCUT2D eigenvalue weighted by Gasteiger charge is 2.08. The van der Waals surface area contributed by atoms with Crippen LogP contribution in [0.5, 0.6) is 0 Å². The van der Waals surface area contributed by atoms with E-state index in [4.69, 9.17) is 0 Å². The number of hydrogen-bond acceptors (Lipinski definition) is 4. The van der Waals surface area contributed by atoms with E-state index in [0.717, 1.165) is 31.9 Å². The van der Waals surface area contributed by atoms with E-state index in [1.54, 1.807) is 0 Å². The van der Waals surface area contributed by atoms with Crippen LogP contribution in [0, 0.1) is 5.92 Å². The summed E-state index contributed by atoms with van der Waals surface area (Å²) in [6.07, 6.45) is 2.95. The zero-order valence-electron chi connectivity index (χ0n) is 13.8. The van der Waals surface area contributed by atoms with Gasteiger partial charge in [0, 0.05) is 25.8 Å². The molecular formula is C18H26N4. The standard InChI is InChI=1S/C18H26N4/c1-4-22(14-16-8-6-5-7-9-16)17-11-13-20-18(21-17)19-12-10-15(2)3/h5-9,11,13,15H,4,10,12,14H2,1-3H3,(H,19,20,21). The van der Waals surface area contributed by atoms with Crippen LogP contribution >= 0.6 is 0 Å². The number of anilines is 2. The maximum absolute atomic E-state index is 4.64. The second kappa shape index (κ2) is 8.37. The number of nitrogens with one attached hydrogen (secondary N) is 1. The van der Waals surface area contributed by atoms with Gasteiger partial charge in [0.05, 0.1) is 0 Å². The van der Waals surface area contributed by atoms with Crippen molar-refractivity contribution in [2.45, 2.75) is 33.7 Å². The van der Waals surface area contributed by atoms with Gasteiger partial charge in [-0.2, -0.15) is 4.98 Å². The number of rotatable bonds is 8. The van der Waals surface area contributed by atoms with Crippen LogP contribution in [0.2, 0.25) is 0 Å². The highest BCUT2D eigenvalue weighted by molar-refractivity contribution is 5.43. The second-order valence-corrected chi connectivity index (χ2v) is 5.85. The first-order valence-corrected chi connectivity index (χ1v) is 8.04. The molecule has 1 N–H and O–H groups in total. The molecular weight excluding hydrogens is 272 g/mol. The summed E-state index contributed by atoms with van der Waals surface area (Å²) in [6, 6.07) is 12.4. The molecule has 0 unspecified atom stereocenters. The van der Waals surface area contributed by atoms with Crippen LogP contribution in [-0.4, -0.2) is 23.1 Å². The molecule has 0 fully saturated rings.